The molecule has 0 saturated heterocycles. The maximum atomic E-state index is 13.3. The maximum absolute atomic E-state index is 13.3. The van der Waals surface area contributed by atoms with Gasteiger partial charge < -0.3 is 33.9 Å². The molecule has 0 unspecified atom stereocenters. The normalized spacial score (nSPS) is 27.0. The number of benzene rings is 2. The van der Waals surface area contributed by atoms with Crippen LogP contribution >= 0.6 is 0 Å². The number of quaternary nitrogens is 1. The van der Waals surface area contributed by atoms with Crippen molar-refractivity contribution < 1.29 is 28.7 Å². The van der Waals surface area contributed by atoms with Gasteiger partial charge in [0, 0.05) is 23.1 Å². The summed E-state index contributed by atoms with van der Waals surface area (Å²) in [5.74, 6) is 2.26. The van der Waals surface area contributed by atoms with Gasteiger partial charge in [0.25, 0.3) is 0 Å². The van der Waals surface area contributed by atoms with Gasteiger partial charge in [-0.2, -0.15) is 0 Å². The predicted octanol–water partition coefficient (Wildman–Crippen LogP) is 2.69. The average Bonchev–Trinajstić information content (AvgIpc) is 3.12. The van der Waals surface area contributed by atoms with Crippen molar-refractivity contribution >= 4 is 0 Å². The summed E-state index contributed by atoms with van der Waals surface area (Å²) in [6.45, 7) is 0.528. The van der Waals surface area contributed by atoms with Crippen LogP contribution in [-0.2, 0) is 6.42 Å². The standard InChI is InChI=1S/C20H21NO6/c1-21(23)7-6-10-8-13-20(27-9-26-13)15-11-4-5-12(24-2)19(25-3)16(11)18(22)17(21)14(10)15/h4-5,8,17-18,22H,6-7,9H2,1-3H3/t17-,18-,21-/m0/s1. The summed E-state index contributed by atoms with van der Waals surface area (Å²) in [7, 11) is 4.70. The molecule has 27 heavy (non-hydrogen) atoms. The number of methoxy groups -OCH3 is 2. The fourth-order valence-corrected chi connectivity index (χ4v) is 4.75. The molecule has 0 fully saturated rings. The van der Waals surface area contributed by atoms with Gasteiger partial charge in [-0.15, -0.1) is 0 Å². The van der Waals surface area contributed by atoms with Crippen LogP contribution < -0.4 is 18.9 Å². The molecule has 0 aromatic heterocycles. The van der Waals surface area contributed by atoms with Gasteiger partial charge in [-0.05, 0) is 29.3 Å². The van der Waals surface area contributed by atoms with Crippen LogP contribution in [0.2, 0.25) is 0 Å². The number of likely N-dealkylation sites (N-methyl/N-ethyl adjacent to an activating group) is 1. The summed E-state index contributed by atoms with van der Waals surface area (Å²) in [6, 6.07) is 4.98. The Labute approximate surface area is 156 Å². The van der Waals surface area contributed by atoms with Gasteiger partial charge >= 0.3 is 0 Å². The number of rotatable bonds is 2. The fourth-order valence-electron chi connectivity index (χ4n) is 4.75. The second-order valence-corrected chi connectivity index (χ2v) is 7.36. The van der Waals surface area contributed by atoms with Crippen molar-refractivity contribution in [2.75, 3.05) is 34.6 Å². The highest BCUT2D eigenvalue weighted by Crippen LogP contribution is 2.60. The van der Waals surface area contributed by atoms with Crippen molar-refractivity contribution in [1.82, 2.24) is 0 Å². The second-order valence-electron chi connectivity index (χ2n) is 7.36. The van der Waals surface area contributed by atoms with Crippen molar-refractivity contribution in [2.24, 2.45) is 0 Å². The van der Waals surface area contributed by atoms with E-state index < -0.39 is 16.8 Å². The van der Waals surface area contributed by atoms with E-state index in [0.29, 0.717) is 41.5 Å². The van der Waals surface area contributed by atoms with E-state index in [0.717, 1.165) is 22.3 Å². The number of hydrogen-bond donors (Lipinski definition) is 1. The summed E-state index contributed by atoms with van der Waals surface area (Å²) >= 11 is 0. The summed E-state index contributed by atoms with van der Waals surface area (Å²) < 4.78 is 21.9. The minimum absolute atomic E-state index is 0.143. The minimum Gasteiger partial charge on any atom is -0.632 e. The molecule has 1 aliphatic carbocycles. The molecule has 3 aliphatic rings. The molecule has 2 heterocycles. The highest BCUT2D eigenvalue weighted by molar-refractivity contribution is 5.86. The van der Waals surface area contributed by atoms with Gasteiger partial charge in [0.15, 0.2) is 23.0 Å². The Hall–Kier alpha value is -2.48. The molecule has 0 bridgehead atoms. The van der Waals surface area contributed by atoms with Crippen LogP contribution in [0.25, 0.3) is 11.1 Å². The number of aliphatic hydroxyl groups is 1. The zero-order valence-electron chi connectivity index (χ0n) is 15.4. The van der Waals surface area contributed by atoms with Crippen LogP contribution in [0, 0.1) is 5.21 Å². The first-order valence-electron chi connectivity index (χ1n) is 8.93. The summed E-state index contributed by atoms with van der Waals surface area (Å²) in [5.41, 5.74) is 4.06. The molecule has 7 heteroatoms. The van der Waals surface area contributed by atoms with E-state index in [-0.39, 0.29) is 6.79 Å². The van der Waals surface area contributed by atoms with Crippen molar-refractivity contribution in [3.8, 4) is 34.1 Å². The smallest absolute Gasteiger partial charge is 0.231 e. The van der Waals surface area contributed by atoms with Gasteiger partial charge in [-0.1, -0.05) is 0 Å². The van der Waals surface area contributed by atoms with Crippen molar-refractivity contribution in [1.29, 1.82) is 0 Å². The lowest BCUT2D eigenvalue weighted by molar-refractivity contribution is -0.899. The molecular formula is C20H21NO6. The van der Waals surface area contributed by atoms with E-state index in [1.165, 1.54) is 7.11 Å². The number of nitrogens with zero attached hydrogens (tertiary/aromatic N) is 1. The van der Waals surface area contributed by atoms with E-state index in [2.05, 4.69) is 0 Å². The Balaban J connectivity index is 1.91. The number of hydroxylamine groups is 3. The lowest BCUT2D eigenvalue weighted by Crippen LogP contribution is -2.49. The van der Waals surface area contributed by atoms with Gasteiger partial charge in [-0.3, -0.25) is 0 Å². The Morgan fingerprint density at radius 3 is 2.74 bits per heavy atom. The van der Waals surface area contributed by atoms with E-state index in [1.807, 2.05) is 12.1 Å². The highest BCUT2D eigenvalue weighted by Gasteiger charge is 2.48. The molecule has 0 saturated carbocycles. The lowest BCUT2D eigenvalue weighted by atomic mass is 9.74. The first-order chi connectivity index (χ1) is 13.0. The number of ether oxygens (including phenoxy) is 4. The number of fused-ring (bicyclic) bond motifs is 4. The molecular weight excluding hydrogens is 350 g/mol. The lowest BCUT2D eigenvalue weighted by Gasteiger charge is -2.52. The van der Waals surface area contributed by atoms with Crippen molar-refractivity contribution in [2.45, 2.75) is 18.6 Å². The second kappa shape index (κ2) is 5.51. The van der Waals surface area contributed by atoms with E-state index >= 15 is 0 Å². The zero-order chi connectivity index (χ0) is 18.9. The van der Waals surface area contributed by atoms with Crippen LogP contribution in [0.15, 0.2) is 18.2 Å². The molecule has 0 radical (unpaired) electrons. The topological polar surface area (TPSA) is 80.2 Å². The maximum Gasteiger partial charge on any atom is 0.231 e. The van der Waals surface area contributed by atoms with Crippen LogP contribution in [0.1, 0.15) is 28.8 Å². The third-order valence-electron chi connectivity index (χ3n) is 5.95. The average molecular weight is 371 g/mol. The predicted molar refractivity (Wildman–Crippen MR) is 96.9 cm³/mol. The zero-order valence-corrected chi connectivity index (χ0v) is 15.4. The van der Waals surface area contributed by atoms with Gasteiger partial charge in [0.05, 0.1) is 27.8 Å². The van der Waals surface area contributed by atoms with Crippen LogP contribution in [0.4, 0.5) is 0 Å². The van der Waals surface area contributed by atoms with Crippen molar-refractivity contribution in [3.05, 3.63) is 40.1 Å². The van der Waals surface area contributed by atoms with Crippen LogP contribution in [0.5, 0.6) is 23.0 Å². The number of hydrogen-bond acceptors (Lipinski definition) is 6. The summed E-state index contributed by atoms with van der Waals surface area (Å²) in [6.07, 6.45) is -0.385. The largest absolute Gasteiger partial charge is 0.632 e. The molecule has 2 aromatic rings. The molecule has 0 amide bonds. The van der Waals surface area contributed by atoms with Gasteiger partial charge in [0.2, 0.25) is 6.79 Å². The third kappa shape index (κ3) is 2.07. The van der Waals surface area contributed by atoms with E-state index in [1.54, 1.807) is 20.2 Å². The summed E-state index contributed by atoms with van der Waals surface area (Å²) in [4.78, 5) is 0. The Bertz CT molecular complexity index is 954. The van der Waals surface area contributed by atoms with Gasteiger partial charge in [-0.25, -0.2) is 0 Å². The molecule has 1 N–H and O–H groups in total. The van der Waals surface area contributed by atoms with Gasteiger partial charge in [0.1, 0.15) is 12.1 Å². The number of aliphatic hydroxyl groups excluding tert-OH is 1. The first kappa shape index (κ1) is 16.7. The minimum atomic E-state index is -1.01. The summed E-state index contributed by atoms with van der Waals surface area (Å²) in [5, 5.41) is 24.7. The fraction of sp³-hybridized carbons (Fsp3) is 0.400. The monoisotopic (exact) mass is 371 g/mol. The molecule has 3 atom stereocenters. The highest BCUT2D eigenvalue weighted by atomic mass is 16.7. The SMILES string of the molecule is COc1ccc2c(c1OC)[C@H](O)[C@@H]1c3c(cc4c(c3-2)OCO4)CC[N@+]1(C)[O-]. The van der Waals surface area contributed by atoms with E-state index in [4.69, 9.17) is 18.9 Å². The molecule has 0 spiro atoms. The van der Waals surface area contributed by atoms with E-state index in [9.17, 15) is 10.3 Å². The first-order valence-corrected chi connectivity index (χ1v) is 8.93. The molecule has 7 nitrogen and oxygen atoms in total. The Kier molecular flexibility index (Phi) is 3.40. The molecule has 2 aromatic carbocycles. The Morgan fingerprint density at radius 2 is 2.00 bits per heavy atom. The third-order valence-corrected chi connectivity index (χ3v) is 5.95. The van der Waals surface area contributed by atoms with Crippen LogP contribution in [-0.4, -0.2) is 44.4 Å². The molecule has 2 aliphatic heterocycles. The van der Waals surface area contributed by atoms with Crippen molar-refractivity contribution in [3.63, 3.8) is 0 Å². The molecule has 5 rings (SSSR count). The Morgan fingerprint density at radius 1 is 1.19 bits per heavy atom. The van der Waals surface area contributed by atoms with Crippen LogP contribution in [0.3, 0.4) is 0 Å². The quantitative estimate of drug-likeness (QED) is 0.646. The molecule has 142 valence electrons.